The minimum absolute atomic E-state index is 0.0174. The maximum Gasteiger partial charge on any atom is 0.497 e. The lowest BCUT2D eigenvalue weighted by Crippen LogP contribution is -2.52. The lowest BCUT2D eigenvalue weighted by molar-refractivity contribution is -1.10. The molecule has 1 aromatic heterocycles. The molecule has 1 fully saturated rings. The van der Waals surface area contributed by atoms with Crippen LogP contribution in [-0.4, -0.2) is 48.0 Å². The Labute approximate surface area is 113 Å². The molecule has 112 valence electrons. The predicted octanol–water partition coefficient (Wildman–Crippen LogP) is 1.01. The Morgan fingerprint density at radius 3 is 2.90 bits per heavy atom. The fourth-order valence-electron chi connectivity index (χ4n) is 2.10. The molecule has 0 aromatic carbocycles. The fourth-order valence-corrected chi connectivity index (χ4v) is 2.10. The summed E-state index contributed by atoms with van der Waals surface area (Å²) in [5.74, 6) is -1.95. The summed E-state index contributed by atoms with van der Waals surface area (Å²) in [4.78, 5) is 19.8. The van der Waals surface area contributed by atoms with Gasteiger partial charge in [-0.3, -0.25) is 4.84 Å². The monoisotopic (exact) mass is 294 g/mol. The van der Waals surface area contributed by atoms with E-state index in [2.05, 4.69) is 10.3 Å². The molecule has 1 saturated heterocycles. The highest BCUT2D eigenvalue weighted by molar-refractivity contribution is 5.74. The summed E-state index contributed by atoms with van der Waals surface area (Å²) in [6.45, 7) is 1.60. The zero-order chi connectivity index (χ0) is 14.6. The first kappa shape index (κ1) is 14.8. The number of nitrogens with zero attached hydrogens (tertiary/aromatic N) is 2. The van der Waals surface area contributed by atoms with Gasteiger partial charge in [-0.15, -0.1) is 4.65 Å². The highest BCUT2D eigenvalue weighted by atomic mass is 19.4. The second-order valence-corrected chi connectivity index (χ2v) is 4.57. The van der Waals surface area contributed by atoms with Crippen LogP contribution in [0.5, 0.6) is 0 Å². The molecule has 6 nitrogen and oxygen atoms in total. The molecule has 1 aromatic rings. The molecule has 1 aliphatic rings. The second-order valence-electron chi connectivity index (χ2n) is 4.57. The van der Waals surface area contributed by atoms with E-state index < -0.39 is 16.8 Å². The first-order valence-electron chi connectivity index (χ1n) is 6.17. The van der Waals surface area contributed by atoms with Crippen LogP contribution in [0.3, 0.4) is 0 Å². The summed E-state index contributed by atoms with van der Waals surface area (Å²) in [5, 5.41) is 3.05. The molecule has 2 rings (SSSR count). The minimum Gasteiger partial charge on any atom is -0.444 e. The van der Waals surface area contributed by atoms with Crippen molar-refractivity contribution < 1.29 is 31.9 Å². The van der Waals surface area contributed by atoms with E-state index in [1.807, 2.05) is 0 Å². The third-order valence-corrected chi connectivity index (χ3v) is 3.03. The average molecular weight is 294 g/mol. The minimum atomic E-state index is -5.01. The molecule has 20 heavy (non-hydrogen) atoms. The van der Waals surface area contributed by atoms with Crippen LogP contribution in [0.25, 0.3) is 0 Å². The number of halogens is 3. The Bertz CT molecular complexity index is 440. The lowest BCUT2D eigenvalue weighted by Gasteiger charge is -2.32. The molecule has 0 saturated carbocycles. The molecule has 1 aliphatic heterocycles. The van der Waals surface area contributed by atoms with E-state index in [0.717, 1.165) is 0 Å². The molecule has 2 heterocycles. The summed E-state index contributed by atoms with van der Waals surface area (Å²) in [6, 6.07) is 0. The van der Waals surface area contributed by atoms with E-state index in [4.69, 9.17) is 9.25 Å². The number of hydrogen-bond acceptors (Lipinski definition) is 5. The molecule has 9 heteroatoms. The molecular formula is C11H15F3N3O3+. The normalized spacial score (nSPS) is 24.1. The Kier molecular flexibility index (Phi) is 4.29. The maximum atomic E-state index is 12.4. The summed E-state index contributed by atoms with van der Waals surface area (Å²) < 4.78 is 41.8. The molecule has 0 aliphatic carbocycles. The molecular weight excluding hydrogens is 279 g/mol. The van der Waals surface area contributed by atoms with Crippen LogP contribution >= 0.6 is 0 Å². The quantitative estimate of drug-likeness (QED) is 0.843. The van der Waals surface area contributed by atoms with Gasteiger partial charge in [0.15, 0.2) is 6.54 Å². The molecule has 0 amide bonds. The van der Waals surface area contributed by atoms with Gasteiger partial charge in [-0.1, -0.05) is 0 Å². The van der Waals surface area contributed by atoms with Gasteiger partial charge in [-0.25, -0.2) is 9.78 Å². The van der Waals surface area contributed by atoms with Gasteiger partial charge in [-0.2, -0.15) is 13.2 Å². The maximum absolute atomic E-state index is 12.4. The van der Waals surface area contributed by atoms with Crippen molar-refractivity contribution in [2.45, 2.75) is 19.1 Å². The highest BCUT2D eigenvalue weighted by Gasteiger charge is 2.48. The lowest BCUT2D eigenvalue weighted by atomic mass is 10.3. The van der Waals surface area contributed by atoms with E-state index in [-0.39, 0.29) is 25.5 Å². The van der Waals surface area contributed by atoms with Crippen LogP contribution in [-0.2, 0) is 16.2 Å². The number of quaternary nitrogens is 1. The number of carbonyl (C=O) groups is 1. The largest absolute Gasteiger partial charge is 0.497 e. The Hall–Kier alpha value is -1.61. The van der Waals surface area contributed by atoms with Crippen molar-refractivity contribution >= 4 is 5.97 Å². The van der Waals surface area contributed by atoms with E-state index in [1.54, 1.807) is 0 Å². The number of rotatable bonds is 3. The number of alkyl halides is 3. The third-order valence-electron chi connectivity index (χ3n) is 3.03. The van der Waals surface area contributed by atoms with Crippen molar-refractivity contribution in [3.05, 3.63) is 18.4 Å². The van der Waals surface area contributed by atoms with E-state index in [9.17, 15) is 18.0 Å². The molecule has 1 atom stereocenters. The van der Waals surface area contributed by atoms with Crippen LogP contribution in [0.1, 0.15) is 12.3 Å². The summed E-state index contributed by atoms with van der Waals surface area (Å²) in [5.41, 5.74) is 0. The van der Waals surface area contributed by atoms with Crippen LogP contribution in [0.2, 0.25) is 0 Å². The highest BCUT2D eigenvalue weighted by Crippen LogP contribution is 2.23. The number of hydroxylamine groups is 3. The standard InChI is InChI=1S/C11H15F3N3O3/c12-11(13,14)10(18)20-17(5-1-2-15-3-6-17)8-9-16-4-7-19-9/h4,7,15H,1-3,5-6,8H2/q+1. The second kappa shape index (κ2) is 5.80. The van der Waals surface area contributed by atoms with E-state index in [1.165, 1.54) is 12.5 Å². The molecule has 0 radical (unpaired) electrons. The summed E-state index contributed by atoms with van der Waals surface area (Å²) >= 11 is 0. The molecule has 0 bridgehead atoms. The number of aromatic nitrogens is 1. The molecule has 1 N–H and O–H groups in total. The van der Waals surface area contributed by atoms with E-state index >= 15 is 0 Å². The van der Waals surface area contributed by atoms with Crippen molar-refractivity contribution in [2.75, 3.05) is 26.2 Å². The first-order valence-corrected chi connectivity index (χ1v) is 6.17. The van der Waals surface area contributed by atoms with Crippen LogP contribution in [0.4, 0.5) is 13.2 Å². The smallest absolute Gasteiger partial charge is 0.444 e. The van der Waals surface area contributed by atoms with Crippen molar-refractivity contribution in [1.29, 1.82) is 0 Å². The van der Waals surface area contributed by atoms with Gasteiger partial charge in [0.2, 0.25) is 0 Å². The number of nitrogens with one attached hydrogen (secondary N) is 1. The van der Waals surface area contributed by atoms with Crippen LogP contribution < -0.4 is 5.32 Å². The van der Waals surface area contributed by atoms with Gasteiger partial charge in [-0.05, 0) is 0 Å². The number of oxazole rings is 1. The fraction of sp³-hybridized carbons (Fsp3) is 0.636. The Morgan fingerprint density at radius 1 is 1.45 bits per heavy atom. The van der Waals surface area contributed by atoms with Gasteiger partial charge >= 0.3 is 12.1 Å². The average Bonchev–Trinajstić information content (AvgIpc) is 2.74. The molecule has 0 spiro atoms. The molecule has 1 unspecified atom stereocenters. The van der Waals surface area contributed by atoms with E-state index in [0.29, 0.717) is 19.5 Å². The number of hydrogen-bond donors (Lipinski definition) is 1. The number of carbonyl (C=O) groups excluding carboxylic acids is 1. The summed E-state index contributed by atoms with van der Waals surface area (Å²) in [7, 11) is 0. The van der Waals surface area contributed by atoms with Crippen molar-refractivity contribution in [1.82, 2.24) is 10.3 Å². The Morgan fingerprint density at radius 2 is 2.25 bits per heavy atom. The van der Waals surface area contributed by atoms with Crippen LogP contribution in [0.15, 0.2) is 16.9 Å². The van der Waals surface area contributed by atoms with Gasteiger partial charge in [0.1, 0.15) is 19.4 Å². The zero-order valence-electron chi connectivity index (χ0n) is 10.7. The summed E-state index contributed by atoms with van der Waals surface area (Å²) in [6.07, 6.45) is -1.70. The SMILES string of the molecule is O=C(O[N+]1(Cc2ncco2)CCCNCC1)C(F)(F)F. The van der Waals surface area contributed by atoms with Crippen molar-refractivity contribution in [3.8, 4) is 0 Å². The topological polar surface area (TPSA) is 64.4 Å². The van der Waals surface area contributed by atoms with Crippen molar-refractivity contribution in [2.24, 2.45) is 0 Å². The van der Waals surface area contributed by atoms with Crippen LogP contribution in [0, 0.1) is 0 Å². The van der Waals surface area contributed by atoms with Gasteiger partial charge in [0.05, 0.1) is 6.20 Å². The predicted molar refractivity (Wildman–Crippen MR) is 59.8 cm³/mol. The van der Waals surface area contributed by atoms with Gasteiger partial charge in [0.25, 0.3) is 5.89 Å². The first-order chi connectivity index (χ1) is 9.41. The van der Waals surface area contributed by atoms with Crippen molar-refractivity contribution in [3.63, 3.8) is 0 Å². The van der Waals surface area contributed by atoms with Gasteiger partial charge < -0.3 is 9.73 Å². The third kappa shape index (κ3) is 3.70. The zero-order valence-corrected chi connectivity index (χ0v) is 10.7. The van der Waals surface area contributed by atoms with Gasteiger partial charge in [0, 0.05) is 19.5 Å². The Balaban J connectivity index is 2.16.